The highest BCUT2D eigenvalue weighted by Crippen LogP contribution is 2.33. The fraction of sp³-hybridized carbons (Fsp3) is 0.368. The van der Waals surface area contributed by atoms with Crippen molar-refractivity contribution < 1.29 is 9.18 Å². The van der Waals surface area contributed by atoms with E-state index < -0.39 is 6.17 Å². The third kappa shape index (κ3) is 3.37. The minimum atomic E-state index is -0.803. The van der Waals surface area contributed by atoms with Gasteiger partial charge in [0.1, 0.15) is 21.9 Å². The summed E-state index contributed by atoms with van der Waals surface area (Å²) < 4.78 is 13.6. The lowest BCUT2D eigenvalue weighted by Crippen LogP contribution is -2.37. The van der Waals surface area contributed by atoms with Crippen molar-refractivity contribution in [3.05, 3.63) is 40.8 Å². The summed E-state index contributed by atoms with van der Waals surface area (Å²) in [7, 11) is 0. The highest BCUT2D eigenvalue weighted by molar-refractivity contribution is 7.17. The first-order chi connectivity index (χ1) is 13.6. The van der Waals surface area contributed by atoms with Crippen molar-refractivity contribution >= 4 is 29.3 Å². The Kier molecular flexibility index (Phi) is 5.08. The molecule has 0 saturated carbocycles. The Morgan fingerprint density at radius 2 is 2.25 bits per heavy atom. The molecular weight excluding hydrogens is 379 g/mol. The second kappa shape index (κ2) is 7.67. The first-order valence-electron chi connectivity index (χ1n) is 9.20. The number of aromatic nitrogens is 2. The maximum Gasteiger partial charge on any atom is 0.270 e. The van der Waals surface area contributed by atoms with Crippen LogP contribution in [-0.2, 0) is 6.42 Å². The van der Waals surface area contributed by atoms with Crippen LogP contribution in [0.3, 0.4) is 0 Å². The number of nitrogens with zero attached hydrogens (tertiary/aromatic N) is 4. The molecule has 146 valence electrons. The van der Waals surface area contributed by atoms with E-state index in [-0.39, 0.29) is 5.91 Å². The molecule has 2 aromatic heterocycles. The van der Waals surface area contributed by atoms with Gasteiger partial charge in [0, 0.05) is 43.7 Å². The molecule has 1 amide bonds. The lowest BCUT2D eigenvalue weighted by molar-refractivity contribution is 0.0805. The van der Waals surface area contributed by atoms with Crippen LogP contribution in [0.4, 0.5) is 10.2 Å². The number of alkyl halides is 1. The van der Waals surface area contributed by atoms with E-state index in [9.17, 15) is 9.18 Å². The van der Waals surface area contributed by atoms with Gasteiger partial charge in [-0.15, -0.1) is 11.3 Å². The standard InChI is InChI=1S/C19H21FN6OS/c20-13-2-1-6-25(11-13)16-4-3-12(10-23-16)18-24-15-5-7-26(14(8-21)9-22)19(27)17(15)28-18/h3-4,8-10,13,21H,1-2,5-7,11,22H2/b14-9+,21-8?. The molecule has 0 spiro atoms. The fourth-order valence-corrected chi connectivity index (χ4v) is 4.60. The zero-order valence-corrected chi connectivity index (χ0v) is 16.1. The summed E-state index contributed by atoms with van der Waals surface area (Å²) in [6.45, 7) is 1.64. The minimum absolute atomic E-state index is 0.183. The average molecular weight is 400 g/mol. The van der Waals surface area contributed by atoms with Gasteiger partial charge in [0.05, 0.1) is 17.9 Å². The Balaban J connectivity index is 1.56. The molecule has 0 aromatic carbocycles. The molecule has 2 aliphatic heterocycles. The summed E-state index contributed by atoms with van der Waals surface area (Å²) in [5.74, 6) is 0.579. The highest BCUT2D eigenvalue weighted by Gasteiger charge is 2.30. The monoisotopic (exact) mass is 400 g/mol. The molecule has 7 nitrogen and oxygen atoms in total. The van der Waals surface area contributed by atoms with E-state index in [1.165, 1.54) is 22.4 Å². The number of carbonyl (C=O) groups excluding carboxylic acids is 1. The van der Waals surface area contributed by atoms with Crippen LogP contribution in [-0.4, -0.2) is 52.8 Å². The number of carbonyl (C=O) groups is 1. The van der Waals surface area contributed by atoms with Gasteiger partial charge in [0.25, 0.3) is 5.91 Å². The number of hydrogen-bond donors (Lipinski definition) is 2. The molecule has 2 aliphatic rings. The number of pyridine rings is 1. The van der Waals surface area contributed by atoms with Crippen LogP contribution in [0.15, 0.2) is 30.2 Å². The molecule has 1 atom stereocenters. The molecule has 4 heterocycles. The quantitative estimate of drug-likeness (QED) is 0.769. The molecule has 4 rings (SSSR count). The number of allylic oxidation sites excluding steroid dienone is 1. The second-order valence-corrected chi connectivity index (χ2v) is 7.83. The van der Waals surface area contributed by atoms with Crippen molar-refractivity contribution in [1.82, 2.24) is 14.9 Å². The molecule has 0 aliphatic carbocycles. The van der Waals surface area contributed by atoms with Crippen molar-refractivity contribution in [2.75, 3.05) is 24.5 Å². The van der Waals surface area contributed by atoms with Crippen molar-refractivity contribution in [2.45, 2.75) is 25.4 Å². The average Bonchev–Trinajstić information content (AvgIpc) is 3.16. The third-order valence-corrected chi connectivity index (χ3v) is 6.16. The van der Waals surface area contributed by atoms with E-state index in [2.05, 4.69) is 9.97 Å². The maximum atomic E-state index is 13.6. The number of anilines is 1. The lowest BCUT2D eigenvalue weighted by atomic mass is 10.1. The number of thiazole rings is 1. The van der Waals surface area contributed by atoms with Crippen molar-refractivity contribution in [3.63, 3.8) is 0 Å². The number of piperidine rings is 1. The first-order valence-corrected chi connectivity index (χ1v) is 10.0. The topological polar surface area (TPSA) is 99.2 Å². The van der Waals surface area contributed by atoms with Gasteiger partial charge in [-0.3, -0.25) is 4.79 Å². The Hall–Kier alpha value is -2.81. The zero-order valence-electron chi connectivity index (χ0n) is 15.3. The van der Waals surface area contributed by atoms with E-state index in [4.69, 9.17) is 11.1 Å². The third-order valence-electron chi connectivity index (χ3n) is 5.02. The van der Waals surface area contributed by atoms with Gasteiger partial charge in [0.15, 0.2) is 0 Å². The van der Waals surface area contributed by atoms with Gasteiger partial charge in [-0.2, -0.15) is 0 Å². The van der Waals surface area contributed by atoms with E-state index in [0.717, 1.165) is 41.3 Å². The van der Waals surface area contributed by atoms with Gasteiger partial charge in [-0.05, 0) is 25.0 Å². The molecular formula is C19H21FN6OS. The van der Waals surface area contributed by atoms with Crippen LogP contribution in [0.2, 0.25) is 0 Å². The van der Waals surface area contributed by atoms with Gasteiger partial charge < -0.3 is 20.9 Å². The van der Waals surface area contributed by atoms with Gasteiger partial charge >= 0.3 is 0 Å². The molecule has 3 N–H and O–H groups in total. The second-order valence-electron chi connectivity index (χ2n) is 6.83. The molecule has 2 aromatic rings. The summed E-state index contributed by atoms with van der Waals surface area (Å²) in [6.07, 6.45) is 5.33. The normalized spacial score (nSPS) is 20.2. The summed E-state index contributed by atoms with van der Waals surface area (Å²) in [6, 6.07) is 3.80. The van der Waals surface area contributed by atoms with Crippen LogP contribution < -0.4 is 10.6 Å². The molecule has 1 saturated heterocycles. The maximum absolute atomic E-state index is 13.6. The van der Waals surface area contributed by atoms with Crippen molar-refractivity contribution in [1.29, 1.82) is 5.41 Å². The Labute approximate surface area is 166 Å². The Morgan fingerprint density at radius 3 is 2.93 bits per heavy atom. The van der Waals surface area contributed by atoms with E-state index in [0.29, 0.717) is 36.5 Å². The highest BCUT2D eigenvalue weighted by atomic mass is 32.1. The SMILES string of the molecule is N=C/C(=C\N)N1CCc2nc(-c3ccc(N4CCCC(F)C4)nc3)sc2C1=O. The number of fused-ring (bicyclic) bond motifs is 1. The predicted octanol–water partition coefficient (Wildman–Crippen LogP) is 2.59. The number of halogens is 1. The summed E-state index contributed by atoms with van der Waals surface area (Å²) in [4.78, 5) is 25.9. The number of nitrogens with two attached hydrogens (primary N) is 1. The van der Waals surface area contributed by atoms with Crippen LogP contribution in [0, 0.1) is 5.41 Å². The number of hydrogen-bond acceptors (Lipinski definition) is 7. The predicted molar refractivity (Wildman–Crippen MR) is 107 cm³/mol. The molecule has 9 heteroatoms. The minimum Gasteiger partial charge on any atom is -0.403 e. The fourth-order valence-electron chi connectivity index (χ4n) is 3.55. The number of rotatable bonds is 4. The van der Waals surface area contributed by atoms with E-state index >= 15 is 0 Å². The number of amides is 1. The van der Waals surface area contributed by atoms with Crippen LogP contribution in [0.1, 0.15) is 28.2 Å². The smallest absolute Gasteiger partial charge is 0.270 e. The molecule has 1 fully saturated rings. The number of nitrogens with one attached hydrogen (secondary N) is 1. The van der Waals surface area contributed by atoms with Crippen LogP contribution in [0.5, 0.6) is 0 Å². The van der Waals surface area contributed by atoms with E-state index in [1.54, 1.807) is 6.20 Å². The lowest BCUT2D eigenvalue weighted by Gasteiger charge is -2.29. The van der Waals surface area contributed by atoms with Gasteiger partial charge in [-0.25, -0.2) is 14.4 Å². The van der Waals surface area contributed by atoms with Crippen LogP contribution in [0.25, 0.3) is 10.6 Å². The largest absolute Gasteiger partial charge is 0.403 e. The Bertz CT molecular complexity index is 925. The van der Waals surface area contributed by atoms with Gasteiger partial charge in [0.2, 0.25) is 0 Å². The van der Waals surface area contributed by atoms with E-state index in [1.807, 2.05) is 17.0 Å². The zero-order chi connectivity index (χ0) is 19.7. The first kappa shape index (κ1) is 18.5. The molecule has 0 radical (unpaired) electrons. The Morgan fingerprint density at radius 1 is 1.39 bits per heavy atom. The van der Waals surface area contributed by atoms with Crippen LogP contribution >= 0.6 is 11.3 Å². The van der Waals surface area contributed by atoms with Crippen molar-refractivity contribution in [2.24, 2.45) is 5.73 Å². The molecule has 0 bridgehead atoms. The van der Waals surface area contributed by atoms with Crippen molar-refractivity contribution in [3.8, 4) is 10.6 Å². The molecule has 28 heavy (non-hydrogen) atoms. The van der Waals surface area contributed by atoms with Gasteiger partial charge in [-0.1, -0.05) is 0 Å². The summed E-state index contributed by atoms with van der Waals surface area (Å²) in [5.41, 5.74) is 7.50. The summed E-state index contributed by atoms with van der Waals surface area (Å²) in [5, 5.41) is 8.14. The summed E-state index contributed by atoms with van der Waals surface area (Å²) >= 11 is 1.32. The molecule has 1 unspecified atom stereocenters.